The van der Waals surface area contributed by atoms with Crippen LogP contribution in [0.1, 0.15) is 17.8 Å². The lowest BCUT2D eigenvalue weighted by Gasteiger charge is -2.06. The van der Waals surface area contributed by atoms with Crippen LogP contribution in [0, 0.1) is 0 Å². The van der Waals surface area contributed by atoms with Crippen molar-refractivity contribution in [3.05, 3.63) is 11.4 Å². The Morgan fingerprint density at radius 1 is 1.44 bits per heavy atom. The molecule has 1 aromatic heterocycles. The zero-order chi connectivity index (χ0) is 12.0. The number of hydrogen-bond acceptors (Lipinski definition) is 5. The van der Waals surface area contributed by atoms with Crippen LogP contribution in [0.25, 0.3) is 0 Å². The number of aryl methyl sites for hydroxylation is 1. The number of aromatic nitrogens is 3. The summed E-state index contributed by atoms with van der Waals surface area (Å²) < 4.78 is 11.8. The third-order valence-corrected chi connectivity index (χ3v) is 2.26. The van der Waals surface area contributed by atoms with Crippen molar-refractivity contribution in [3.63, 3.8) is 0 Å². The molecule has 2 N–H and O–H groups in total. The van der Waals surface area contributed by atoms with E-state index in [9.17, 15) is 0 Å². The van der Waals surface area contributed by atoms with E-state index in [1.807, 2.05) is 0 Å². The molecule has 90 valence electrons. The fraction of sp³-hybridized carbons (Fsp3) is 0.667. The van der Waals surface area contributed by atoms with Crippen LogP contribution in [0.15, 0.2) is 0 Å². The first-order chi connectivity index (χ1) is 7.70. The molecule has 0 unspecified atom stereocenters. The Balaban J connectivity index is 2.78. The first-order valence-electron chi connectivity index (χ1n) is 4.90. The van der Waals surface area contributed by atoms with Crippen molar-refractivity contribution >= 4 is 17.2 Å². The second-order valence-electron chi connectivity index (χ2n) is 3.25. The van der Waals surface area contributed by atoms with E-state index in [4.69, 9.17) is 27.4 Å². The van der Waals surface area contributed by atoms with Crippen molar-refractivity contribution < 1.29 is 9.47 Å². The van der Waals surface area contributed by atoms with E-state index in [1.165, 1.54) is 0 Å². The molecule has 1 rings (SSSR count). The fourth-order valence-corrected chi connectivity index (χ4v) is 1.50. The van der Waals surface area contributed by atoms with Gasteiger partial charge in [-0.25, -0.2) is 4.68 Å². The van der Waals surface area contributed by atoms with E-state index in [0.717, 1.165) is 12.1 Å². The van der Waals surface area contributed by atoms with E-state index >= 15 is 0 Å². The van der Waals surface area contributed by atoms with Crippen LogP contribution >= 0.6 is 12.2 Å². The van der Waals surface area contributed by atoms with Gasteiger partial charge in [-0.1, -0.05) is 17.4 Å². The minimum absolute atomic E-state index is 0.241. The summed E-state index contributed by atoms with van der Waals surface area (Å²) in [6.45, 7) is 1.78. The molecule has 1 heterocycles. The molecule has 0 radical (unpaired) electrons. The van der Waals surface area contributed by atoms with Crippen LogP contribution in [-0.4, -0.2) is 40.8 Å². The molecular formula is C9H16N4O2S. The topological polar surface area (TPSA) is 75.2 Å². The summed E-state index contributed by atoms with van der Waals surface area (Å²) in [4.78, 5) is 0.241. The lowest BCUT2D eigenvalue weighted by Crippen LogP contribution is -2.15. The van der Waals surface area contributed by atoms with Crippen molar-refractivity contribution in [1.82, 2.24) is 15.0 Å². The number of thiocarbonyl (C=S) groups is 1. The van der Waals surface area contributed by atoms with Crippen LogP contribution in [0.3, 0.4) is 0 Å². The molecule has 0 aliphatic heterocycles. The van der Waals surface area contributed by atoms with Crippen molar-refractivity contribution in [3.8, 4) is 0 Å². The highest BCUT2D eigenvalue weighted by Crippen LogP contribution is 2.07. The average molecular weight is 244 g/mol. The zero-order valence-corrected chi connectivity index (χ0v) is 10.3. The molecule has 0 aliphatic rings. The number of nitrogens with zero attached hydrogens (tertiary/aromatic N) is 3. The van der Waals surface area contributed by atoms with E-state index in [1.54, 1.807) is 18.9 Å². The van der Waals surface area contributed by atoms with Crippen LogP contribution in [-0.2, 0) is 22.6 Å². The Kier molecular flexibility index (Phi) is 5.30. The molecule has 7 heteroatoms. The molecule has 0 aromatic carbocycles. The Morgan fingerprint density at radius 2 is 2.19 bits per heavy atom. The van der Waals surface area contributed by atoms with Crippen molar-refractivity contribution in [2.75, 3.05) is 20.8 Å². The summed E-state index contributed by atoms with van der Waals surface area (Å²) >= 11 is 4.89. The summed E-state index contributed by atoms with van der Waals surface area (Å²) in [7, 11) is 3.27. The summed E-state index contributed by atoms with van der Waals surface area (Å²) in [5.41, 5.74) is 6.90. The Hall–Kier alpha value is -1.05. The molecule has 0 atom stereocenters. The van der Waals surface area contributed by atoms with Gasteiger partial charge in [0, 0.05) is 27.4 Å². The standard InChI is InChI=1S/C9H16N4O2S/c1-14-5-3-4-13-7(6-15-2)8(9(10)16)11-12-13/h3-6H2,1-2H3,(H2,10,16). The molecule has 0 aliphatic carbocycles. The van der Waals surface area contributed by atoms with Gasteiger partial charge in [-0.05, 0) is 6.42 Å². The van der Waals surface area contributed by atoms with E-state index in [0.29, 0.717) is 25.5 Å². The molecule has 1 aromatic rings. The van der Waals surface area contributed by atoms with Gasteiger partial charge >= 0.3 is 0 Å². The van der Waals surface area contributed by atoms with E-state index in [-0.39, 0.29) is 4.99 Å². The largest absolute Gasteiger partial charge is 0.388 e. The summed E-state index contributed by atoms with van der Waals surface area (Å²) in [6.07, 6.45) is 0.855. The normalized spacial score (nSPS) is 10.6. The SMILES string of the molecule is COCCCn1nnc(C(N)=S)c1COC. The van der Waals surface area contributed by atoms with E-state index < -0.39 is 0 Å². The molecular weight excluding hydrogens is 228 g/mol. The molecule has 0 saturated heterocycles. The second-order valence-corrected chi connectivity index (χ2v) is 3.69. The van der Waals surface area contributed by atoms with Crippen LogP contribution < -0.4 is 5.73 Å². The van der Waals surface area contributed by atoms with Gasteiger partial charge in [0.25, 0.3) is 0 Å². The molecule has 0 fully saturated rings. The highest BCUT2D eigenvalue weighted by Gasteiger charge is 2.14. The van der Waals surface area contributed by atoms with Crippen LogP contribution in [0.4, 0.5) is 0 Å². The molecule has 16 heavy (non-hydrogen) atoms. The predicted molar refractivity (Wildman–Crippen MR) is 63.1 cm³/mol. The summed E-state index contributed by atoms with van der Waals surface area (Å²) in [6, 6.07) is 0. The minimum atomic E-state index is 0.241. The highest BCUT2D eigenvalue weighted by atomic mass is 32.1. The van der Waals surface area contributed by atoms with Gasteiger partial charge in [-0.15, -0.1) is 5.10 Å². The maximum Gasteiger partial charge on any atom is 0.145 e. The van der Waals surface area contributed by atoms with Crippen molar-refractivity contribution in [2.45, 2.75) is 19.6 Å². The quantitative estimate of drug-likeness (QED) is 0.541. The smallest absolute Gasteiger partial charge is 0.145 e. The maximum atomic E-state index is 5.55. The van der Waals surface area contributed by atoms with Gasteiger partial charge in [0.1, 0.15) is 10.7 Å². The van der Waals surface area contributed by atoms with Gasteiger partial charge in [0.2, 0.25) is 0 Å². The maximum absolute atomic E-state index is 5.55. The van der Waals surface area contributed by atoms with Gasteiger partial charge in [0.05, 0.1) is 12.3 Å². The third kappa shape index (κ3) is 3.22. The summed E-state index contributed by atoms with van der Waals surface area (Å²) in [5, 5.41) is 7.93. The number of ether oxygens (including phenoxy) is 2. The number of nitrogens with two attached hydrogens (primary N) is 1. The van der Waals surface area contributed by atoms with Gasteiger partial charge in [-0.2, -0.15) is 0 Å². The first-order valence-corrected chi connectivity index (χ1v) is 5.31. The Bertz CT molecular complexity index is 353. The molecule has 0 bridgehead atoms. The predicted octanol–water partition coefficient (Wildman–Crippen LogP) is 0.0952. The summed E-state index contributed by atoms with van der Waals surface area (Å²) in [5.74, 6) is 0. The fourth-order valence-electron chi connectivity index (χ4n) is 1.34. The number of rotatable bonds is 7. The van der Waals surface area contributed by atoms with Crippen LogP contribution in [0.2, 0.25) is 0 Å². The molecule has 0 amide bonds. The van der Waals surface area contributed by atoms with Gasteiger partial charge in [0.15, 0.2) is 0 Å². The zero-order valence-electron chi connectivity index (χ0n) is 9.47. The van der Waals surface area contributed by atoms with Crippen molar-refractivity contribution in [2.24, 2.45) is 5.73 Å². The molecule has 6 nitrogen and oxygen atoms in total. The van der Waals surface area contributed by atoms with E-state index in [2.05, 4.69) is 10.3 Å². The monoisotopic (exact) mass is 244 g/mol. The highest BCUT2D eigenvalue weighted by molar-refractivity contribution is 7.80. The van der Waals surface area contributed by atoms with Gasteiger partial charge in [-0.3, -0.25) is 0 Å². The Labute approximate surface area is 99.7 Å². The minimum Gasteiger partial charge on any atom is -0.388 e. The lowest BCUT2D eigenvalue weighted by atomic mass is 10.3. The van der Waals surface area contributed by atoms with Crippen LogP contribution in [0.5, 0.6) is 0 Å². The lowest BCUT2D eigenvalue weighted by molar-refractivity contribution is 0.170. The molecule has 0 saturated carbocycles. The average Bonchev–Trinajstić information content (AvgIpc) is 2.63. The van der Waals surface area contributed by atoms with Crippen molar-refractivity contribution in [1.29, 1.82) is 0 Å². The Morgan fingerprint density at radius 3 is 2.75 bits per heavy atom. The first kappa shape index (κ1) is 13.0. The second kappa shape index (κ2) is 6.51. The van der Waals surface area contributed by atoms with Gasteiger partial charge < -0.3 is 15.2 Å². The number of methoxy groups -OCH3 is 2. The third-order valence-electron chi connectivity index (χ3n) is 2.07. The molecule has 0 spiro atoms. The number of hydrogen-bond donors (Lipinski definition) is 1.